The molecule has 64 valence electrons. The number of rotatable bonds is 4. The fourth-order valence-electron chi connectivity index (χ4n) is 1.05. The molecule has 1 heteroatoms. The summed E-state index contributed by atoms with van der Waals surface area (Å²) in [5, 5.41) is 9.57. The van der Waals surface area contributed by atoms with Crippen molar-refractivity contribution < 1.29 is 5.11 Å². The van der Waals surface area contributed by atoms with Crippen molar-refractivity contribution in [2.24, 2.45) is 0 Å². The van der Waals surface area contributed by atoms with Gasteiger partial charge in [-0.1, -0.05) is 25.7 Å². The average Bonchev–Trinajstić information content (AvgIpc) is 1.87. The second kappa shape index (κ2) is 5.21. The molecule has 0 bridgehead atoms. The highest BCUT2D eigenvalue weighted by atomic mass is 16.3. The summed E-state index contributed by atoms with van der Waals surface area (Å²) in [6.07, 6.45) is 4.23. The van der Waals surface area contributed by atoms with Gasteiger partial charge in [0, 0.05) is 0 Å². The Morgan fingerprint density at radius 3 is 2.45 bits per heavy atom. The van der Waals surface area contributed by atoms with Crippen LogP contribution in [-0.4, -0.2) is 10.7 Å². The minimum Gasteiger partial charge on any atom is -0.378 e. The van der Waals surface area contributed by atoms with Crippen LogP contribution in [0, 0.1) is 11.8 Å². The fraction of sp³-hybridized carbons (Fsp3) is 0.800. The molecule has 0 aromatic rings. The van der Waals surface area contributed by atoms with Gasteiger partial charge in [-0.15, -0.1) is 5.92 Å². The van der Waals surface area contributed by atoms with Crippen LogP contribution in [-0.2, 0) is 0 Å². The van der Waals surface area contributed by atoms with Gasteiger partial charge in [0.2, 0.25) is 0 Å². The molecule has 0 amide bonds. The van der Waals surface area contributed by atoms with Crippen LogP contribution >= 0.6 is 0 Å². The third-order valence-corrected chi connectivity index (χ3v) is 1.66. The smallest absolute Gasteiger partial charge is 0.122 e. The van der Waals surface area contributed by atoms with Crippen LogP contribution in [0.2, 0.25) is 0 Å². The maximum absolute atomic E-state index is 9.57. The highest BCUT2D eigenvalue weighted by Crippen LogP contribution is 2.12. The lowest BCUT2D eigenvalue weighted by molar-refractivity contribution is 0.109. The van der Waals surface area contributed by atoms with Gasteiger partial charge in [-0.2, -0.15) is 0 Å². The van der Waals surface area contributed by atoms with E-state index < -0.39 is 5.60 Å². The van der Waals surface area contributed by atoms with E-state index in [2.05, 4.69) is 18.8 Å². The first kappa shape index (κ1) is 10.5. The quantitative estimate of drug-likeness (QED) is 0.487. The van der Waals surface area contributed by atoms with Gasteiger partial charge in [-0.25, -0.2) is 0 Å². The standard InChI is InChI=1S/C10H18O/c1-4-6-7-9-10(3,11)8-5-2/h11H,4,6-7,9H2,1-3H3. The van der Waals surface area contributed by atoms with Crippen molar-refractivity contribution in [3.05, 3.63) is 0 Å². The van der Waals surface area contributed by atoms with Crippen molar-refractivity contribution in [1.82, 2.24) is 0 Å². The summed E-state index contributed by atoms with van der Waals surface area (Å²) < 4.78 is 0. The van der Waals surface area contributed by atoms with E-state index in [1.807, 2.05) is 0 Å². The number of hydrogen-bond acceptors (Lipinski definition) is 1. The molecule has 0 aliphatic heterocycles. The largest absolute Gasteiger partial charge is 0.378 e. The predicted molar refractivity (Wildman–Crippen MR) is 48.2 cm³/mol. The molecule has 0 heterocycles. The van der Waals surface area contributed by atoms with E-state index in [9.17, 15) is 5.11 Å². The topological polar surface area (TPSA) is 20.2 Å². The Hall–Kier alpha value is -0.480. The Morgan fingerprint density at radius 1 is 1.36 bits per heavy atom. The number of hydrogen-bond donors (Lipinski definition) is 1. The third-order valence-electron chi connectivity index (χ3n) is 1.66. The summed E-state index contributed by atoms with van der Waals surface area (Å²) in [6.45, 7) is 5.69. The molecule has 0 saturated heterocycles. The van der Waals surface area contributed by atoms with Crippen LogP contribution in [0.25, 0.3) is 0 Å². The maximum atomic E-state index is 9.57. The molecule has 0 aliphatic rings. The molecular weight excluding hydrogens is 136 g/mol. The lowest BCUT2D eigenvalue weighted by atomic mass is 9.99. The Labute approximate surface area is 69.8 Å². The van der Waals surface area contributed by atoms with Crippen molar-refractivity contribution >= 4 is 0 Å². The van der Waals surface area contributed by atoms with E-state index in [0.717, 1.165) is 12.8 Å². The van der Waals surface area contributed by atoms with Crippen LogP contribution in [0.15, 0.2) is 0 Å². The zero-order chi connectivity index (χ0) is 8.74. The summed E-state index contributed by atoms with van der Waals surface area (Å²) in [5.74, 6) is 5.52. The lowest BCUT2D eigenvalue weighted by Gasteiger charge is -2.15. The van der Waals surface area contributed by atoms with Crippen molar-refractivity contribution in [1.29, 1.82) is 0 Å². The molecule has 0 aromatic heterocycles. The Balaban J connectivity index is 3.61. The zero-order valence-corrected chi connectivity index (χ0v) is 7.78. The van der Waals surface area contributed by atoms with Gasteiger partial charge in [-0.05, 0) is 26.7 Å². The monoisotopic (exact) mass is 154 g/mol. The summed E-state index contributed by atoms with van der Waals surface area (Å²) in [4.78, 5) is 0. The SMILES string of the molecule is CC#CC(C)(O)CCCCC. The van der Waals surface area contributed by atoms with Gasteiger partial charge in [0.1, 0.15) is 5.60 Å². The maximum Gasteiger partial charge on any atom is 0.122 e. The molecule has 0 spiro atoms. The summed E-state index contributed by atoms with van der Waals surface area (Å²) in [5.41, 5.74) is -0.760. The summed E-state index contributed by atoms with van der Waals surface area (Å²) in [7, 11) is 0. The van der Waals surface area contributed by atoms with E-state index in [0.29, 0.717) is 0 Å². The Morgan fingerprint density at radius 2 is 2.00 bits per heavy atom. The van der Waals surface area contributed by atoms with Crippen LogP contribution in [0.3, 0.4) is 0 Å². The summed E-state index contributed by atoms with van der Waals surface area (Å²) in [6, 6.07) is 0. The normalized spacial score (nSPS) is 14.9. The third kappa shape index (κ3) is 5.94. The molecule has 1 nitrogen and oxygen atoms in total. The molecule has 0 fully saturated rings. The molecule has 0 aromatic carbocycles. The van der Waals surface area contributed by atoms with Crippen LogP contribution < -0.4 is 0 Å². The minimum atomic E-state index is -0.760. The van der Waals surface area contributed by atoms with Gasteiger partial charge >= 0.3 is 0 Å². The van der Waals surface area contributed by atoms with E-state index >= 15 is 0 Å². The first-order chi connectivity index (χ1) is 5.12. The van der Waals surface area contributed by atoms with E-state index in [4.69, 9.17) is 0 Å². The summed E-state index contributed by atoms with van der Waals surface area (Å²) >= 11 is 0. The fourth-order valence-corrected chi connectivity index (χ4v) is 1.05. The van der Waals surface area contributed by atoms with Gasteiger partial charge in [0.05, 0.1) is 0 Å². The predicted octanol–water partition coefficient (Wildman–Crippen LogP) is 2.34. The van der Waals surface area contributed by atoms with Crippen molar-refractivity contribution in [2.75, 3.05) is 0 Å². The molecule has 0 rings (SSSR count). The first-order valence-electron chi connectivity index (χ1n) is 4.28. The second-order valence-electron chi connectivity index (χ2n) is 3.11. The molecule has 1 atom stereocenters. The lowest BCUT2D eigenvalue weighted by Crippen LogP contribution is -2.20. The Kier molecular flexibility index (Phi) is 4.98. The van der Waals surface area contributed by atoms with Gasteiger partial charge in [-0.3, -0.25) is 0 Å². The van der Waals surface area contributed by atoms with Crippen LogP contribution in [0.4, 0.5) is 0 Å². The van der Waals surface area contributed by atoms with Crippen molar-refractivity contribution in [3.63, 3.8) is 0 Å². The van der Waals surface area contributed by atoms with Gasteiger partial charge < -0.3 is 5.11 Å². The molecule has 0 aliphatic carbocycles. The molecular formula is C10H18O. The number of aliphatic hydroxyl groups is 1. The second-order valence-corrected chi connectivity index (χ2v) is 3.11. The number of unbranched alkanes of at least 4 members (excludes halogenated alkanes) is 2. The van der Waals surface area contributed by atoms with Gasteiger partial charge in [0.25, 0.3) is 0 Å². The highest BCUT2D eigenvalue weighted by molar-refractivity contribution is 5.09. The first-order valence-corrected chi connectivity index (χ1v) is 4.28. The molecule has 0 saturated carbocycles. The molecule has 1 unspecified atom stereocenters. The van der Waals surface area contributed by atoms with Gasteiger partial charge in [0.15, 0.2) is 0 Å². The van der Waals surface area contributed by atoms with Crippen molar-refractivity contribution in [2.45, 2.75) is 52.1 Å². The molecule has 1 N–H and O–H groups in total. The Bertz CT molecular complexity index is 148. The minimum absolute atomic E-state index is 0.760. The average molecular weight is 154 g/mol. The van der Waals surface area contributed by atoms with E-state index in [-0.39, 0.29) is 0 Å². The van der Waals surface area contributed by atoms with Crippen molar-refractivity contribution in [3.8, 4) is 11.8 Å². The van der Waals surface area contributed by atoms with E-state index in [1.54, 1.807) is 13.8 Å². The van der Waals surface area contributed by atoms with E-state index in [1.165, 1.54) is 12.8 Å². The molecule has 11 heavy (non-hydrogen) atoms. The van der Waals surface area contributed by atoms with Crippen LogP contribution in [0.5, 0.6) is 0 Å². The highest BCUT2D eigenvalue weighted by Gasteiger charge is 2.14. The van der Waals surface area contributed by atoms with Crippen LogP contribution in [0.1, 0.15) is 46.5 Å². The molecule has 0 radical (unpaired) electrons. The zero-order valence-electron chi connectivity index (χ0n) is 7.78.